The number of rotatable bonds is 2. The van der Waals surface area contributed by atoms with Crippen molar-refractivity contribution in [2.24, 2.45) is 0 Å². The fourth-order valence-corrected chi connectivity index (χ4v) is 2.23. The van der Waals surface area contributed by atoms with Crippen LogP contribution in [0, 0.1) is 6.92 Å². The molecule has 86 valence electrons. The third kappa shape index (κ3) is 2.83. The predicted octanol–water partition coefficient (Wildman–Crippen LogP) is 1.39. The molecule has 2 N–H and O–H groups in total. The maximum Gasteiger partial charge on any atom is 0.234 e. The monoisotopic (exact) mass is 282 g/mol. The summed E-state index contributed by atoms with van der Waals surface area (Å²) in [4.78, 5) is 11.0. The second kappa shape index (κ2) is 4.97. The lowest BCUT2D eigenvalue weighted by Crippen LogP contribution is -2.52. The summed E-state index contributed by atoms with van der Waals surface area (Å²) in [5, 5.41) is 6.09. The molecule has 1 saturated heterocycles. The first-order valence-corrected chi connectivity index (χ1v) is 6.19. The number of amides is 1. The van der Waals surface area contributed by atoms with Crippen LogP contribution >= 0.6 is 15.9 Å². The molecular weight excluding hydrogens is 268 g/mol. The van der Waals surface area contributed by atoms with Crippen molar-refractivity contribution in [2.75, 3.05) is 13.1 Å². The van der Waals surface area contributed by atoms with Gasteiger partial charge in [0.05, 0.1) is 6.54 Å². The van der Waals surface area contributed by atoms with Crippen LogP contribution in [-0.4, -0.2) is 25.0 Å². The van der Waals surface area contributed by atoms with E-state index in [4.69, 9.17) is 0 Å². The molecule has 16 heavy (non-hydrogen) atoms. The van der Waals surface area contributed by atoms with Crippen LogP contribution in [0.2, 0.25) is 0 Å². The zero-order chi connectivity index (χ0) is 11.5. The van der Waals surface area contributed by atoms with E-state index in [1.165, 1.54) is 11.1 Å². The van der Waals surface area contributed by atoms with Crippen molar-refractivity contribution in [1.29, 1.82) is 0 Å². The molecule has 0 radical (unpaired) electrons. The van der Waals surface area contributed by atoms with Crippen molar-refractivity contribution in [1.82, 2.24) is 10.6 Å². The van der Waals surface area contributed by atoms with Crippen LogP contribution in [0.5, 0.6) is 0 Å². The standard InChI is InChI=1S/C12H15BrN2O/c1-8-2-3-9(5-11(8)13)4-10-6-15-12(16)7-14-10/h2-3,5,10,14H,4,6-7H2,1H3,(H,15,16). The molecule has 0 spiro atoms. The van der Waals surface area contributed by atoms with Crippen molar-refractivity contribution in [3.05, 3.63) is 33.8 Å². The lowest BCUT2D eigenvalue weighted by atomic mass is 10.0. The molecule has 1 heterocycles. The molecular formula is C12H15BrN2O. The van der Waals surface area contributed by atoms with Gasteiger partial charge in [0.1, 0.15) is 0 Å². The van der Waals surface area contributed by atoms with Gasteiger partial charge < -0.3 is 10.6 Å². The predicted molar refractivity (Wildman–Crippen MR) is 67.4 cm³/mol. The van der Waals surface area contributed by atoms with Gasteiger partial charge in [-0.1, -0.05) is 28.1 Å². The highest BCUT2D eigenvalue weighted by molar-refractivity contribution is 9.10. The van der Waals surface area contributed by atoms with Gasteiger partial charge in [-0.25, -0.2) is 0 Å². The topological polar surface area (TPSA) is 41.1 Å². The fraction of sp³-hybridized carbons (Fsp3) is 0.417. The zero-order valence-corrected chi connectivity index (χ0v) is 10.8. The van der Waals surface area contributed by atoms with E-state index in [2.05, 4.69) is 51.7 Å². The van der Waals surface area contributed by atoms with Crippen molar-refractivity contribution < 1.29 is 4.79 Å². The molecule has 1 fully saturated rings. The van der Waals surface area contributed by atoms with Gasteiger partial charge in [0.15, 0.2) is 0 Å². The van der Waals surface area contributed by atoms with Crippen molar-refractivity contribution in [2.45, 2.75) is 19.4 Å². The lowest BCUT2D eigenvalue weighted by Gasteiger charge is -2.24. The van der Waals surface area contributed by atoms with E-state index in [0.29, 0.717) is 19.1 Å². The third-order valence-corrected chi connectivity index (χ3v) is 3.67. The Morgan fingerprint density at radius 3 is 2.94 bits per heavy atom. The molecule has 0 bridgehead atoms. The third-order valence-electron chi connectivity index (χ3n) is 2.82. The van der Waals surface area contributed by atoms with Crippen molar-refractivity contribution >= 4 is 21.8 Å². The van der Waals surface area contributed by atoms with Gasteiger partial charge in [-0.05, 0) is 30.5 Å². The molecule has 1 aromatic carbocycles. The Balaban J connectivity index is 1.98. The largest absolute Gasteiger partial charge is 0.353 e. The molecule has 4 heteroatoms. The Kier molecular flexibility index (Phi) is 3.61. The average molecular weight is 283 g/mol. The number of carbonyl (C=O) groups excluding carboxylic acids is 1. The Morgan fingerprint density at radius 1 is 1.50 bits per heavy atom. The van der Waals surface area contributed by atoms with Crippen molar-refractivity contribution in [3.63, 3.8) is 0 Å². The van der Waals surface area contributed by atoms with Gasteiger partial charge in [0.2, 0.25) is 5.91 Å². The van der Waals surface area contributed by atoms with Gasteiger partial charge in [0, 0.05) is 17.1 Å². The van der Waals surface area contributed by atoms with E-state index in [9.17, 15) is 4.79 Å². The molecule has 1 amide bonds. The molecule has 0 saturated carbocycles. The number of benzene rings is 1. The quantitative estimate of drug-likeness (QED) is 0.861. The summed E-state index contributed by atoms with van der Waals surface area (Å²) < 4.78 is 1.14. The minimum Gasteiger partial charge on any atom is -0.353 e. The molecule has 1 unspecified atom stereocenters. The molecule has 1 aliphatic heterocycles. The first kappa shape index (κ1) is 11.6. The van der Waals surface area contributed by atoms with Crippen molar-refractivity contribution in [3.8, 4) is 0 Å². The summed E-state index contributed by atoms with van der Waals surface area (Å²) in [6.07, 6.45) is 0.944. The summed E-state index contributed by atoms with van der Waals surface area (Å²) in [5.74, 6) is 0.0846. The smallest absolute Gasteiger partial charge is 0.234 e. The first-order chi connectivity index (χ1) is 7.65. The van der Waals surface area contributed by atoms with E-state index in [-0.39, 0.29) is 5.91 Å². The summed E-state index contributed by atoms with van der Waals surface area (Å²) in [6, 6.07) is 6.74. The van der Waals surface area contributed by atoms with Gasteiger partial charge >= 0.3 is 0 Å². The number of carbonyl (C=O) groups is 1. The SMILES string of the molecule is Cc1ccc(CC2CNC(=O)CN2)cc1Br. The number of piperazine rings is 1. The van der Waals surface area contributed by atoms with E-state index in [1.54, 1.807) is 0 Å². The van der Waals surface area contributed by atoms with Crippen LogP contribution in [-0.2, 0) is 11.2 Å². The summed E-state index contributed by atoms with van der Waals surface area (Å²) in [5.41, 5.74) is 2.53. The number of nitrogens with one attached hydrogen (secondary N) is 2. The highest BCUT2D eigenvalue weighted by Gasteiger charge is 2.17. The highest BCUT2D eigenvalue weighted by atomic mass is 79.9. The summed E-state index contributed by atoms with van der Waals surface area (Å²) in [7, 11) is 0. The molecule has 0 aromatic heterocycles. The molecule has 1 aromatic rings. The maximum absolute atomic E-state index is 11.0. The van der Waals surface area contributed by atoms with E-state index < -0.39 is 0 Å². The average Bonchev–Trinajstić information content (AvgIpc) is 2.27. The van der Waals surface area contributed by atoms with E-state index in [1.807, 2.05) is 0 Å². The molecule has 1 aliphatic rings. The molecule has 0 aliphatic carbocycles. The van der Waals surface area contributed by atoms with Crippen LogP contribution in [0.3, 0.4) is 0 Å². The normalized spacial score (nSPS) is 20.6. The number of aryl methyl sites for hydroxylation is 1. The van der Waals surface area contributed by atoms with Crippen LogP contribution in [0.4, 0.5) is 0 Å². The number of halogens is 1. The van der Waals surface area contributed by atoms with Gasteiger partial charge in [-0.3, -0.25) is 4.79 Å². The van der Waals surface area contributed by atoms with Gasteiger partial charge in [0.25, 0.3) is 0 Å². The van der Waals surface area contributed by atoms with Crippen LogP contribution in [0.1, 0.15) is 11.1 Å². The van der Waals surface area contributed by atoms with Gasteiger partial charge in [-0.2, -0.15) is 0 Å². The second-order valence-corrected chi connectivity index (χ2v) is 5.02. The minimum absolute atomic E-state index is 0.0846. The molecule has 2 rings (SSSR count). The maximum atomic E-state index is 11.0. The molecule has 1 atom stereocenters. The first-order valence-electron chi connectivity index (χ1n) is 5.40. The summed E-state index contributed by atoms with van der Waals surface area (Å²) in [6.45, 7) is 3.22. The number of hydrogen-bond donors (Lipinski definition) is 2. The summed E-state index contributed by atoms with van der Waals surface area (Å²) >= 11 is 3.53. The molecule has 3 nitrogen and oxygen atoms in total. The number of hydrogen-bond acceptors (Lipinski definition) is 2. The Morgan fingerprint density at radius 2 is 2.31 bits per heavy atom. The van der Waals surface area contributed by atoms with E-state index >= 15 is 0 Å². The Bertz CT molecular complexity index is 396. The Hall–Kier alpha value is -0.870. The van der Waals surface area contributed by atoms with E-state index in [0.717, 1.165) is 10.9 Å². The van der Waals surface area contributed by atoms with Gasteiger partial charge in [-0.15, -0.1) is 0 Å². The zero-order valence-electron chi connectivity index (χ0n) is 9.22. The lowest BCUT2D eigenvalue weighted by molar-refractivity contribution is -0.121. The minimum atomic E-state index is 0.0846. The van der Waals surface area contributed by atoms with Crippen LogP contribution in [0.15, 0.2) is 22.7 Å². The second-order valence-electron chi connectivity index (χ2n) is 4.17. The van der Waals surface area contributed by atoms with Crippen LogP contribution < -0.4 is 10.6 Å². The van der Waals surface area contributed by atoms with Crippen LogP contribution in [0.25, 0.3) is 0 Å². The fourth-order valence-electron chi connectivity index (χ4n) is 1.80. The highest BCUT2D eigenvalue weighted by Crippen LogP contribution is 2.18. The Labute approximate surface area is 104 Å².